The Labute approximate surface area is 186 Å². The van der Waals surface area contributed by atoms with Crippen LogP contribution in [0.3, 0.4) is 0 Å². The number of nitrogens with zero attached hydrogens (tertiary/aromatic N) is 2. The average molecular weight is 446 g/mol. The van der Waals surface area contributed by atoms with Crippen molar-refractivity contribution in [3.05, 3.63) is 64.7 Å². The first-order valence-electron chi connectivity index (χ1n) is 10.4. The van der Waals surface area contributed by atoms with Crippen LogP contribution >= 0.6 is 0 Å². The van der Waals surface area contributed by atoms with Gasteiger partial charge >= 0.3 is 6.09 Å². The molecular weight excluding hydrogens is 416 g/mol. The Kier molecular flexibility index (Phi) is 6.83. The van der Waals surface area contributed by atoms with E-state index in [2.05, 4.69) is 10.3 Å². The van der Waals surface area contributed by atoms with Crippen LogP contribution in [0.4, 0.5) is 19.3 Å². The molecule has 0 aromatic heterocycles. The van der Waals surface area contributed by atoms with Gasteiger partial charge in [-0.2, -0.15) is 0 Å². The van der Waals surface area contributed by atoms with Crippen molar-refractivity contribution in [2.75, 3.05) is 7.05 Å². The summed E-state index contributed by atoms with van der Waals surface area (Å²) in [6.45, 7) is 7.51. The number of fused-ring (bicyclic) bond motifs is 1. The van der Waals surface area contributed by atoms with Crippen LogP contribution in [0.1, 0.15) is 50.4 Å². The van der Waals surface area contributed by atoms with Crippen molar-refractivity contribution in [3.63, 3.8) is 0 Å². The van der Waals surface area contributed by atoms with Crippen LogP contribution in [-0.4, -0.2) is 40.7 Å². The van der Waals surface area contributed by atoms with E-state index in [1.807, 2.05) is 37.1 Å². The van der Waals surface area contributed by atoms with Crippen molar-refractivity contribution in [2.24, 2.45) is 4.99 Å². The van der Waals surface area contributed by atoms with Crippen molar-refractivity contribution < 1.29 is 23.4 Å². The van der Waals surface area contributed by atoms with Gasteiger partial charge in [-0.05, 0) is 68.7 Å². The van der Waals surface area contributed by atoms with E-state index in [0.717, 1.165) is 17.2 Å². The van der Waals surface area contributed by atoms with E-state index in [1.165, 1.54) is 12.1 Å². The Morgan fingerprint density at radius 2 is 1.94 bits per heavy atom. The van der Waals surface area contributed by atoms with E-state index in [0.29, 0.717) is 30.1 Å². The third-order valence-electron chi connectivity index (χ3n) is 5.20. The number of carbonyl (C=O) groups is 1. The SMILES string of the molecule is C/C(=N\c1ccc2c(c1)C(NC(=O)OC(C)(C)C)C(O)C2)N(C)Cc1ccc(F)c(F)c1. The molecule has 0 heterocycles. The zero-order chi connectivity index (χ0) is 23.6. The van der Waals surface area contributed by atoms with Gasteiger partial charge in [-0.15, -0.1) is 0 Å². The summed E-state index contributed by atoms with van der Waals surface area (Å²) in [5.74, 6) is -1.09. The second-order valence-electron chi connectivity index (χ2n) is 9.04. The van der Waals surface area contributed by atoms with Gasteiger partial charge in [0.2, 0.25) is 0 Å². The molecule has 6 nitrogen and oxygen atoms in total. The zero-order valence-corrected chi connectivity index (χ0v) is 18.9. The van der Waals surface area contributed by atoms with E-state index >= 15 is 0 Å². The summed E-state index contributed by atoms with van der Waals surface area (Å²) in [6, 6.07) is 8.79. The molecule has 0 aliphatic heterocycles. The molecule has 3 rings (SSSR count). The van der Waals surface area contributed by atoms with E-state index in [4.69, 9.17) is 4.74 Å². The van der Waals surface area contributed by atoms with Gasteiger partial charge in [0.05, 0.1) is 17.8 Å². The second-order valence-corrected chi connectivity index (χ2v) is 9.04. The van der Waals surface area contributed by atoms with E-state index < -0.39 is 35.5 Å². The molecule has 8 heteroatoms. The van der Waals surface area contributed by atoms with Gasteiger partial charge in [0, 0.05) is 20.0 Å². The predicted octanol–water partition coefficient (Wildman–Crippen LogP) is 4.63. The van der Waals surface area contributed by atoms with Crippen molar-refractivity contribution >= 4 is 17.6 Å². The van der Waals surface area contributed by atoms with Gasteiger partial charge in [0.15, 0.2) is 11.6 Å². The molecule has 2 aromatic rings. The number of hydrogen-bond donors (Lipinski definition) is 2. The number of benzene rings is 2. The summed E-state index contributed by atoms with van der Waals surface area (Å²) < 4.78 is 31.9. The van der Waals surface area contributed by atoms with Crippen LogP contribution in [0.15, 0.2) is 41.4 Å². The van der Waals surface area contributed by atoms with Crippen molar-refractivity contribution in [1.82, 2.24) is 10.2 Å². The number of amides is 1. The third-order valence-corrected chi connectivity index (χ3v) is 5.20. The fraction of sp³-hybridized carbons (Fsp3) is 0.417. The minimum absolute atomic E-state index is 0.360. The van der Waals surface area contributed by atoms with E-state index in [9.17, 15) is 18.7 Å². The lowest BCUT2D eigenvalue weighted by Crippen LogP contribution is -2.38. The number of rotatable bonds is 4. The molecule has 1 aliphatic rings. The first-order chi connectivity index (χ1) is 14.9. The first-order valence-corrected chi connectivity index (χ1v) is 10.4. The average Bonchev–Trinajstić information content (AvgIpc) is 2.98. The normalized spacial score (nSPS) is 18.3. The molecule has 1 amide bonds. The summed E-state index contributed by atoms with van der Waals surface area (Å²) in [5, 5.41) is 13.2. The standard InChI is InChI=1S/C24H29F2N3O3/c1-14(29(5)13-15-6-9-19(25)20(26)10-15)27-17-8-7-16-11-21(30)22(18(16)12-17)28-23(31)32-24(2,3)4/h6-10,12,21-22,30H,11,13H2,1-5H3,(H,28,31)/b27-14+. The van der Waals surface area contributed by atoms with Crippen LogP contribution in [0, 0.1) is 11.6 Å². The van der Waals surface area contributed by atoms with Crippen LogP contribution in [0.25, 0.3) is 0 Å². The van der Waals surface area contributed by atoms with Gasteiger partial charge < -0.3 is 20.1 Å². The van der Waals surface area contributed by atoms with Gasteiger partial charge in [-0.1, -0.05) is 12.1 Å². The largest absolute Gasteiger partial charge is 0.444 e. The Bertz CT molecular complexity index is 1030. The number of hydrogen-bond acceptors (Lipinski definition) is 4. The molecule has 2 unspecified atom stereocenters. The molecule has 1 aliphatic carbocycles. The molecule has 32 heavy (non-hydrogen) atoms. The van der Waals surface area contributed by atoms with Crippen molar-refractivity contribution in [3.8, 4) is 0 Å². The molecule has 0 fully saturated rings. The monoisotopic (exact) mass is 445 g/mol. The number of aliphatic imine (C=N–C) groups is 1. The van der Waals surface area contributed by atoms with E-state index in [-0.39, 0.29) is 0 Å². The number of halogens is 2. The van der Waals surface area contributed by atoms with Gasteiger partial charge in [0.1, 0.15) is 11.4 Å². The maximum atomic E-state index is 13.5. The number of alkyl carbamates (subject to hydrolysis) is 1. The Balaban J connectivity index is 1.75. The first kappa shape index (κ1) is 23.7. The Morgan fingerprint density at radius 3 is 2.59 bits per heavy atom. The topological polar surface area (TPSA) is 74.2 Å². The zero-order valence-electron chi connectivity index (χ0n) is 18.9. The quantitative estimate of drug-likeness (QED) is 0.532. The number of aliphatic hydroxyl groups excluding tert-OH is 1. The van der Waals surface area contributed by atoms with Crippen LogP contribution in [0.2, 0.25) is 0 Å². The number of nitrogens with one attached hydrogen (secondary N) is 1. The molecule has 0 saturated carbocycles. The van der Waals surface area contributed by atoms with Crippen LogP contribution in [-0.2, 0) is 17.7 Å². The Morgan fingerprint density at radius 1 is 1.22 bits per heavy atom. The highest BCUT2D eigenvalue weighted by Gasteiger charge is 2.33. The number of ether oxygens (including phenoxy) is 1. The second kappa shape index (κ2) is 9.24. The maximum Gasteiger partial charge on any atom is 0.408 e. The van der Waals surface area contributed by atoms with E-state index in [1.54, 1.807) is 20.8 Å². The minimum atomic E-state index is -0.883. The third kappa shape index (κ3) is 5.82. The number of aliphatic hydroxyl groups is 1. The number of carbonyl (C=O) groups excluding carboxylic acids is 1. The van der Waals surface area contributed by atoms with Gasteiger partial charge in [0.25, 0.3) is 0 Å². The van der Waals surface area contributed by atoms with Gasteiger partial charge in [-0.25, -0.2) is 18.6 Å². The molecule has 0 spiro atoms. The maximum absolute atomic E-state index is 13.5. The molecule has 0 bridgehead atoms. The molecular formula is C24H29F2N3O3. The molecule has 2 aromatic carbocycles. The summed E-state index contributed by atoms with van der Waals surface area (Å²) in [7, 11) is 1.81. The summed E-state index contributed by atoms with van der Waals surface area (Å²) in [6.07, 6.45) is -0.922. The molecule has 172 valence electrons. The summed E-state index contributed by atoms with van der Waals surface area (Å²) in [4.78, 5) is 18.7. The lowest BCUT2D eigenvalue weighted by Gasteiger charge is -2.23. The lowest BCUT2D eigenvalue weighted by molar-refractivity contribution is 0.0438. The fourth-order valence-electron chi connectivity index (χ4n) is 3.58. The highest BCUT2D eigenvalue weighted by Crippen LogP contribution is 2.34. The van der Waals surface area contributed by atoms with Crippen molar-refractivity contribution in [2.45, 2.75) is 58.4 Å². The highest BCUT2D eigenvalue weighted by molar-refractivity contribution is 5.82. The highest BCUT2D eigenvalue weighted by atomic mass is 19.2. The smallest absolute Gasteiger partial charge is 0.408 e. The minimum Gasteiger partial charge on any atom is -0.444 e. The fourth-order valence-corrected chi connectivity index (χ4v) is 3.58. The molecule has 0 saturated heterocycles. The molecule has 2 N–H and O–H groups in total. The summed E-state index contributed by atoms with van der Waals surface area (Å²) in [5.41, 5.74) is 2.37. The van der Waals surface area contributed by atoms with Gasteiger partial charge in [-0.3, -0.25) is 0 Å². The van der Waals surface area contributed by atoms with Crippen LogP contribution < -0.4 is 5.32 Å². The number of amidine groups is 1. The predicted molar refractivity (Wildman–Crippen MR) is 119 cm³/mol. The molecule has 2 atom stereocenters. The summed E-state index contributed by atoms with van der Waals surface area (Å²) >= 11 is 0. The van der Waals surface area contributed by atoms with Crippen LogP contribution in [0.5, 0.6) is 0 Å². The Hall–Kier alpha value is -3.00. The van der Waals surface area contributed by atoms with Crippen molar-refractivity contribution in [1.29, 1.82) is 0 Å². The lowest BCUT2D eigenvalue weighted by atomic mass is 10.1. The molecule has 0 radical (unpaired) electrons.